The van der Waals surface area contributed by atoms with E-state index in [0.29, 0.717) is 0 Å². The van der Waals surface area contributed by atoms with Crippen LogP contribution in [0.1, 0.15) is 25.5 Å². The maximum atomic E-state index is 13.8. The lowest BCUT2D eigenvalue weighted by molar-refractivity contribution is -0.00186. The highest BCUT2D eigenvalue weighted by atomic mass is 79.9. The third kappa shape index (κ3) is 2.42. The Balaban J connectivity index is 3.28. The van der Waals surface area contributed by atoms with Crippen molar-refractivity contribution in [2.24, 2.45) is 5.73 Å². The van der Waals surface area contributed by atoms with Gasteiger partial charge < -0.3 is 10.5 Å². The Hall–Kier alpha value is -0.520. The summed E-state index contributed by atoms with van der Waals surface area (Å²) in [5, 5.41) is 0. The molecular formula is C11H14BrF2NO. The predicted octanol–water partition coefficient (Wildman–Crippen LogP) is 3.15. The number of nitrogens with two attached hydrogens (primary N) is 1. The van der Waals surface area contributed by atoms with E-state index in [0.717, 1.165) is 0 Å². The van der Waals surface area contributed by atoms with E-state index in [1.54, 1.807) is 13.8 Å². The zero-order valence-corrected chi connectivity index (χ0v) is 10.9. The van der Waals surface area contributed by atoms with Gasteiger partial charge >= 0.3 is 0 Å². The number of hydrogen-bond acceptors (Lipinski definition) is 2. The Bertz CT molecular complexity index is 396. The van der Waals surface area contributed by atoms with Crippen molar-refractivity contribution in [2.75, 3.05) is 7.11 Å². The fourth-order valence-electron chi connectivity index (χ4n) is 1.30. The maximum Gasteiger partial charge on any atom is 0.145 e. The van der Waals surface area contributed by atoms with E-state index in [-0.39, 0.29) is 10.0 Å². The molecule has 0 aliphatic rings. The van der Waals surface area contributed by atoms with E-state index in [1.807, 2.05) is 0 Å². The smallest absolute Gasteiger partial charge is 0.145 e. The van der Waals surface area contributed by atoms with Crippen molar-refractivity contribution < 1.29 is 13.5 Å². The lowest BCUT2D eigenvalue weighted by Crippen LogP contribution is -2.38. The van der Waals surface area contributed by atoms with Crippen LogP contribution in [-0.2, 0) is 4.74 Å². The maximum absolute atomic E-state index is 13.8. The molecule has 5 heteroatoms. The van der Waals surface area contributed by atoms with Gasteiger partial charge in [0.25, 0.3) is 0 Å². The number of benzene rings is 1. The molecule has 0 saturated carbocycles. The van der Waals surface area contributed by atoms with Gasteiger partial charge in [0.2, 0.25) is 0 Å². The van der Waals surface area contributed by atoms with E-state index >= 15 is 0 Å². The summed E-state index contributed by atoms with van der Waals surface area (Å²) in [6.07, 6.45) is 0. The first kappa shape index (κ1) is 13.5. The summed E-state index contributed by atoms with van der Waals surface area (Å²) in [5.41, 5.74) is 4.82. The van der Waals surface area contributed by atoms with Gasteiger partial charge in [-0.3, -0.25) is 0 Å². The SMILES string of the molecule is COC(C)(C)C(N)c1c(F)ccc(Br)c1F. The van der Waals surface area contributed by atoms with Crippen molar-refractivity contribution in [1.29, 1.82) is 0 Å². The zero-order valence-electron chi connectivity index (χ0n) is 9.35. The van der Waals surface area contributed by atoms with Crippen LogP contribution >= 0.6 is 15.9 Å². The van der Waals surface area contributed by atoms with Crippen LogP contribution in [0, 0.1) is 11.6 Å². The molecule has 0 fully saturated rings. The van der Waals surface area contributed by atoms with Crippen LogP contribution < -0.4 is 5.73 Å². The average molecular weight is 294 g/mol. The van der Waals surface area contributed by atoms with E-state index in [4.69, 9.17) is 10.5 Å². The molecule has 2 nitrogen and oxygen atoms in total. The molecule has 16 heavy (non-hydrogen) atoms. The lowest BCUT2D eigenvalue weighted by Gasteiger charge is -2.30. The number of methoxy groups -OCH3 is 1. The van der Waals surface area contributed by atoms with E-state index in [2.05, 4.69) is 15.9 Å². The van der Waals surface area contributed by atoms with E-state index in [1.165, 1.54) is 19.2 Å². The minimum absolute atomic E-state index is 0.166. The third-order valence-electron chi connectivity index (χ3n) is 2.67. The Labute approximate surface area is 102 Å². The van der Waals surface area contributed by atoms with Crippen molar-refractivity contribution in [1.82, 2.24) is 0 Å². The molecule has 0 saturated heterocycles. The molecule has 2 N–H and O–H groups in total. The van der Waals surface area contributed by atoms with Gasteiger partial charge in [-0.25, -0.2) is 8.78 Å². The molecule has 0 heterocycles. The van der Waals surface area contributed by atoms with Gasteiger partial charge in [0.1, 0.15) is 11.6 Å². The third-order valence-corrected chi connectivity index (χ3v) is 3.28. The predicted molar refractivity (Wildman–Crippen MR) is 62.1 cm³/mol. The van der Waals surface area contributed by atoms with Gasteiger partial charge in [-0.05, 0) is 41.9 Å². The second kappa shape index (κ2) is 4.77. The minimum Gasteiger partial charge on any atom is -0.377 e. The Morgan fingerprint density at radius 2 is 1.94 bits per heavy atom. The molecule has 0 amide bonds. The summed E-state index contributed by atoms with van der Waals surface area (Å²) in [6.45, 7) is 3.36. The molecule has 1 aromatic rings. The van der Waals surface area contributed by atoms with Gasteiger partial charge in [0.15, 0.2) is 0 Å². The van der Waals surface area contributed by atoms with Crippen molar-refractivity contribution in [3.05, 3.63) is 33.8 Å². The molecule has 1 unspecified atom stereocenters. The zero-order chi connectivity index (χ0) is 12.5. The van der Waals surface area contributed by atoms with Crippen molar-refractivity contribution >= 4 is 15.9 Å². The number of hydrogen-bond donors (Lipinski definition) is 1. The number of rotatable bonds is 3. The van der Waals surface area contributed by atoms with Gasteiger partial charge in [-0.2, -0.15) is 0 Å². The molecular weight excluding hydrogens is 280 g/mol. The topological polar surface area (TPSA) is 35.2 Å². The van der Waals surface area contributed by atoms with Crippen molar-refractivity contribution in [3.63, 3.8) is 0 Å². The van der Waals surface area contributed by atoms with E-state index in [9.17, 15) is 8.78 Å². The molecule has 1 atom stereocenters. The number of ether oxygens (including phenoxy) is 1. The largest absolute Gasteiger partial charge is 0.377 e. The monoisotopic (exact) mass is 293 g/mol. The summed E-state index contributed by atoms with van der Waals surface area (Å²) >= 11 is 3.00. The van der Waals surface area contributed by atoms with Gasteiger partial charge in [-0.1, -0.05) is 0 Å². The summed E-state index contributed by atoms with van der Waals surface area (Å²) in [7, 11) is 1.45. The second-order valence-corrected chi connectivity index (χ2v) is 4.90. The molecule has 0 aromatic heterocycles. The Morgan fingerprint density at radius 3 is 2.44 bits per heavy atom. The highest BCUT2D eigenvalue weighted by Crippen LogP contribution is 2.32. The summed E-state index contributed by atoms with van der Waals surface area (Å²) in [6, 6.07) is 1.60. The molecule has 0 aliphatic carbocycles. The van der Waals surface area contributed by atoms with Gasteiger partial charge in [-0.15, -0.1) is 0 Å². The van der Waals surface area contributed by atoms with Crippen LogP contribution in [0.15, 0.2) is 16.6 Å². The van der Waals surface area contributed by atoms with Crippen LogP contribution in [-0.4, -0.2) is 12.7 Å². The fraction of sp³-hybridized carbons (Fsp3) is 0.455. The fourth-order valence-corrected chi connectivity index (χ4v) is 1.65. The first-order chi connectivity index (χ1) is 7.31. The van der Waals surface area contributed by atoms with Crippen LogP contribution in [0.3, 0.4) is 0 Å². The second-order valence-electron chi connectivity index (χ2n) is 4.04. The molecule has 0 aliphatic heterocycles. The van der Waals surface area contributed by atoms with Gasteiger partial charge in [0.05, 0.1) is 16.1 Å². The standard InChI is InChI=1S/C11H14BrF2NO/c1-11(2,16-3)10(15)8-7(13)5-4-6(12)9(8)14/h4-5,10H,15H2,1-3H3. The Kier molecular flexibility index (Phi) is 4.04. The van der Waals surface area contributed by atoms with E-state index < -0.39 is 23.3 Å². The Morgan fingerprint density at radius 1 is 1.38 bits per heavy atom. The van der Waals surface area contributed by atoms with Crippen LogP contribution in [0.2, 0.25) is 0 Å². The van der Waals surface area contributed by atoms with Crippen molar-refractivity contribution in [2.45, 2.75) is 25.5 Å². The highest BCUT2D eigenvalue weighted by Gasteiger charge is 2.32. The molecule has 0 spiro atoms. The van der Waals surface area contributed by atoms with Gasteiger partial charge in [0, 0.05) is 12.7 Å². The lowest BCUT2D eigenvalue weighted by atomic mass is 9.92. The average Bonchev–Trinajstić information content (AvgIpc) is 2.24. The number of halogens is 3. The summed E-state index contributed by atoms with van der Waals surface area (Å²) in [4.78, 5) is 0. The normalized spacial score (nSPS) is 13.9. The molecule has 0 radical (unpaired) electrons. The summed E-state index contributed by atoms with van der Waals surface area (Å²) in [5.74, 6) is -1.35. The first-order valence-electron chi connectivity index (χ1n) is 4.75. The molecule has 1 aromatic carbocycles. The first-order valence-corrected chi connectivity index (χ1v) is 5.54. The molecule has 0 bridgehead atoms. The summed E-state index contributed by atoms with van der Waals surface area (Å²) < 4.78 is 32.6. The van der Waals surface area contributed by atoms with Crippen molar-refractivity contribution in [3.8, 4) is 0 Å². The quantitative estimate of drug-likeness (QED) is 0.869. The van der Waals surface area contributed by atoms with Crippen LogP contribution in [0.5, 0.6) is 0 Å². The van der Waals surface area contributed by atoms with Crippen LogP contribution in [0.25, 0.3) is 0 Å². The van der Waals surface area contributed by atoms with Crippen LogP contribution in [0.4, 0.5) is 8.78 Å². The molecule has 1 rings (SSSR count). The minimum atomic E-state index is -0.880. The highest BCUT2D eigenvalue weighted by molar-refractivity contribution is 9.10. The molecule has 90 valence electrons.